The van der Waals surface area contributed by atoms with Crippen molar-refractivity contribution in [3.8, 4) is 34.3 Å². The number of nitrogens with one attached hydrogen (secondary N) is 1. The molecular formula is C24H22N6O. The van der Waals surface area contributed by atoms with Crippen LogP contribution in [0.4, 0.5) is 0 Å². The highest BCUT2D eigenvalue weighted by molar-refractivity contribution is 5.84. The number of H-pyrrole nitrogens is 1. The lowest BCUT2D eigenvalue weighted by atomic mass is 9.97. The Labute approximate surface area is 180 Å². The quantitative estimate of drug-likeness (QED) is 0.513. The summed E-state index contributed by atoms with van der Waals surface area (Å²) in [6.45, 7) is 3.94. The molecule has 31 heavy (non-hydrogen) atoms. The van der Waals surface area contributed by atoms with Crippen LogP contribution in [-0.2, 0) is 6.42 Å². The van der Waals surface area contributed by atoms with Crippen molar-refractivity contribution < 1.29 is 0 Å². The van der Waals surface area contributed by atoms with Gasteiger partial charge in [0.25, 0.3) is 5.56 Å². The molecule has 7 nitrogen and oxygen atoms in total. The predicted molar refractivity (Wildman–Crippen MR) is 119 cm³/mol. The maximum atomic E-state index is 13.4. The number of nitrogens with zero attached hydrogens (tertiary/aromatic N) is 5. The van der Waals surface area contributed by atoms with Gasteiger partial charge in [0, 0.05) is 16.8 Å². The zero-order valence-corrected chi connectivity index (χ0v) is 17.5. The molecule has 0 saturated carbocycles. The van der Waals surface area contributed by atoms with Gasteiger partial charge >= 0.3 is 0 Å². The molecule has 0 spiro atoms. The van der Waals surface area contributed by atoms with E-state index >= 15 is 0 Å². The number of aryl methyl sites for hydroxylation is 2. The van der Waals surface area contributed by atoms with Crippen molar-refractivity contribution in [3.63, 3.8) is 0 Å². The number of aromatic amines is 1. The standard InChI is InChI=1S/C24H22N6O/c1-3-4-9-17-14-16(2)21(15-25)24(31)30(17)22-13-8-7-11-19(22)18-10-5-6-12-20(18)23-26-28-29-27-23/h5-8,10-14H,3-4,9H2,1-2H3,(H,26,27,28,29). The van der Waals surface area contributed by atoms with Crippen LogP contribution in [0.3, 0.4) is 0 Å². The van der Waals surface area contributed by atoms with Crippen molar-refractivity contribution in [1.82, 2.24) is 25.2 Å². The van der Waals surface area contributed by atoms with Crippen LogP contribution in [0.1, 0.15) is 36.6 Å². The van der Waals surface area contributed by atoms with Crippen molar-refractivity contribution in [2.24, 2.45) is 0 Å². The minimum Gasteiger partial charge on any atom is -0.280 e. The van der Waals surface area contributed by atoms with E-state index < -0.39 is 0 Å². The summed E-state index contributed by atoms with van der Waals surface area (Å²) in [7, 11) is 0. The molecule has 0 aliphatic carbocycles. The first-order chi connectivity index (χ1) is 15.2. The molecule has 0 unspecified atom stereocenters. The number of nitriles is 1. The van der Waals surface area contributed by atoms with Crippen LogP contribution in [-0.4, -0.2) is 25.2 Å². The van der Waals surface area contributed by atoms with Gasteiger partial charge < -0.3 is 0 Å². The maximum absolute atomic E-state index is 13.4. The number of pyridine rings is 1. The summed E-state index contributed by atoms with van der Waals surface area (Å²) in [6.07, 6.45) is 2.71. The molecule has 0 fully saturated rings. The molecule has 7 heteroatoms. The molecule has 2 aromatic carbocycles. The minimum absolute atomic E-state index is 0.168. The van der Waals surface area contributed by atoms with Crippen LogP contribution in [0, 0.1) is 18.3 Å². The van der Waals surface area contributed by atoms with Crippen molar-refractivity contribution in [3.05, 3.63) is 81.8 Å². The van der Waals surface area contributed by atoms with Gasteiger partial charge in [-0.2, -0.15) is 10.5 Å². The molecule has 0 aliphatic rings. The van der Waals surface area contributed by atoms with Gasteiger partial charge in [0.15, 0.2) is 0 Å². The Morgan fingerprint density at radius 2 is 1.77 bits per heavy atom. The van der Waals surface area contributed by atoms with Gasteiger partial charge in [-0.25, -0.2) is 0 Å². The first-order valence-electron chi connectivity index (χ1n) is 10.2. The van der Waals surface area contributed by atoms with Crippen LogP contribution in [0.15, 0.2) is 59.4 Å². The zero-order chi connectivity index (χ0) is 21.8. The van der Waals surface area contributed by atoms with Crippen LogP contribution >= 0.6 is 0 Å². The Bertz CT molecular complexity index is 1310. The number of benzene rings is 2. The predicted octanol–water partition coefficient (Wildman–Crippen LogP) is 4.21. The second kappa shape index (κ2) is 8.76. The van der Waals surface area contributed by atoms with E-state index in [2.05, 4.69) is 33.6 Å². The van der Waals surface area contributed by atoms with Gasteiger partial charge in [-0.05, 0) is 48.2 Å². The molecule has 2 heterocycles. The topological polar surface area (TPSA) is 100 Å². The average molecular weight is 410 g/mol. The third kappa shape index (κ3) is 3.76. The smallest absolute Gasteiger partial charge is 0.273 e. The lowest BCUT2D eigenvalue weighted by Gasteiger charge is -2.19. The highest BCUT2D eigenvalue weighted by Crippen LogP contribution is 2.34. The van der Waals surface area contributed by atoms with E-state index in [1.165, 1.54) is 0 Å². The third-order valence-electron chi connectivity index (χ3n) is 5.33. The fraction of sp³-hybridized carbons (Fsp3) is 0.208. The Balaban J connectivity index is 2.01. The van der Waals surface area contributed by atoms with E-state index in [0.717, 1.165) is 47.3 Å². The normalized spacial score (nSPS) is 10.7. The van der Waals surface area contributed by atoms with E-state index in [4.69, 9.17) is 0 Å². The van der Waals surface area contributed by atoms with Gasteiger partial charge in [0.1, 0.15) is 11.6 Å². The molecule has 0 saturated heterocycles. The SMILES string of the molecule is CCCCc1cc(C)c(C#N)c(=O)n1-c1ccccc1-c1ccccc1-c1nn[nH]n1. The number of hydrogen-bond acceptors (Lipinski definition) is 5. The maximum Gasteiger partial charge on any atom is 0.273 e. The number of aromatic nitrogens is 5. The number of tetrazole rings is 1. The second-order valence-corrected chi connectivity index (χ2v) is 7.35. The number of rotatable bonds is 6. The van der Waals surface area contributed by atoms with Crippen LogP contribution in [0.25, 0.3) is 28.2 Å². The van der Waals surface area contributed by atoms with Crippen LogP contribution < -0.4 is 5.56 Å². The van der Waals surface area contributed by atoms with E-state index in [-0.39, 0.29) is 11.1 Å². The molecule has 0 bridgehead atoms. The summed E-state index contributed by atoms with van der Waals surface area (Å²) < 4.78 is 1.68. The monoisotopic (exact) mass is 410 g/mol. The van der Waals surface area contributed by atoms with Crippen molar-refractivity contribution in [2.75, 3.05) is 0 Å². The summed E-state index contributed by atoms with van der Waals surface area (Å²) in [6, 6.07) is 19.5. The summed E-state index contributed by atoms with van der Waals surface area (Å²) in [4.78, 5) is 13.4. The van der Waals surface area contributed by atoms with Crippen molar-refractivity contribution >= 4 is 0 Å². The molecule has 0 atom stereocenters. The molecule has 0 aliphatic heterocycles. The first-order valence-corrected chi connectivity index (χ1v) is 10.2. The largest absolute Gasteiger partial charge is 0.280 e. The Morgan fingerprint density at radius 1 is 1.06 bits per heavy atom. The molecule has 4 aromatic rings. The molecule has 0 amide bonds. The Morgan fingerprint density at radius 3 is 2.45 bits per heavy atom. The summed E-state index contributed by atoms with van der Waals surface area (Å²) >= 11 is 0. The van der Waals surface area contributed by atoms with Crippen LogP contribution in [0.2, 0.25) is 0 Å². The molecule has 154 valence electrons. The highest BCUT2D eigenvalue weighted by atomic mass is 16.1. The van der Waals surface area contributed by atoms with Crippen molar-refractivity contribution in [1.29, 1.82) is 5.26 Å². The van der Waals surface area contributed by atoms with Gasteiger partial charge in [-0.3, -0.25) is 9.36 Å². The fourth-order valence-electron chi connectivity index (χ4n) is 3.82. The molecule has 4 rings (SSSR count). The van der Waals surface area contributed by atoms with Gasteiger partial charge in [-0.15, -0.1) is 10.2 Å². The van der Waals surface area contributed by atoms with Gasteiger partial charge in [0.05, 0.1) is 5.69 Å². The molecular weight excluding hydrogens is 388 g/mol. The first kappa shape index (κ1) is 20.2. The lowest BCUT2D eigenvalue weighted by molar-refractivity contribution is 0.742. The number of unbranched alkanes of at least 4 members (excludes halogenated alkanes) is 1. The lowest BCUT2D eigenvalue weighted by Crippen LogP contribution is -2.26. The van der Waals surface area contributed by atoms with E-state index in [1.807, 2.05) is 61.5 Å². The summed E-state index contributed by atoms with van der Waals surface area (Å²) in [5, 5.41) is 24.0. The molecule has 0 radical (unpaired) electrons. The number of para-hydroxylation sites is 1. The summed E-state index contributed by atoms with van der Waals surface area (Å²) in [5.74, 6) is 0.477. The third-order valence-corrected chi connectivity index (χ3v) is 5.33. The van der Waals surface area contributed by atoms with E-state index in [9.17, 15) is 10.1 Å². The molecule has 1 N–H and O–H groups in total. The fourth-order valence-corrected chi connectivity index (χ4v) is 3.82. The van der Waals surface area contributed by atoms with Crippen molar-refractivity contribution in [2.45, 2.75) is 33.1 Å². The zero-order valence-electron chi connectivity index (χ0n) is 17.5. The summed E-state index contributed by atoms with van der Waals surface area (Å²) in [5.41, 5.74) is 4.75. The Kier molecular flexibility index (Phi) is 5.72. The average Bonchev–Trinajstić information content (AvgIpc) is 3.33. The minimum atomic E-state index is -0.293. The van der Waals surface area contributed by atoms with E-state index in [1.54, 1.807) is 4.57 Å². The highest BCUT2D eigenvalue weighted by Gasteiger charge is 2.19. The van der Waals surface area contributed by atoms with Gasteiger partial charge in [0.2, 0.25) is 5.82 Å². The molecule has 2 aromatic heterocycles. The van der Waals surface area contributed by atoms with Crippen LogP contribution in [0.5, 0.6) is 0 Å². The van der Waals surface area contributed by atoms with Gasteiger partial charge in [-0.1, -0.05) is 55.8 Å². The Hall–Kier alpha value is -4.05. The van der Waals surface area contributed by atoms with E-state index in [0.29, 0.717) is 11.4 Å². The number of hydrogen-bond donors (Lipinski definition) is 1. The second-order valence-electron chi connectivity index (χ2n) is 7.35.